The highest BCUT2D eigenvalue weighted by atomic mass is 79.9. The molecule has 0 N–H and O–H groups in total. The molecule has 0 bridgehead atoms. The van der Waals surface area contributed by atoms with Gasteiger partial charge in [0.25, 0.3) is 0 Å². The molecule has 0 aromatic heterocycles. The third-order valence-corrected chi connectivity index (χ3v) is 2.31. The second-order valence-corrected chi connectivity index (χ2v) is 3.02. The van der Waals surface area contributed by atoms with Gasteiger partial charge >= 0.3 is 0 Å². The molecule has 0 saturated heterocycles. The Labute approximate surface area is 66.5 Å². The van der Waals surface area contributed by atoms with Crippen LogP contribution in [0.5, 0.6) is 0 Å². The molecule has 1 heteroatoms. The van der Waals surface area contributed by atoms with Crippen molar-refractivity contribution in [2.24, 2.45) is 5.92 Å². The number of rotatable bonds is 4. The van der Waals surface area contributed by atoms with Crippen LogP contribution in [-0.2, 0) is 0 Å². The van der Waals surface area contributed by atoms with Gasteiger partial charge in [-0.3, -0.25) is 0 Å². The number of allylic oxidation sites excluding steroid dienone is 2. The first-order valence-corrected chi connectivity index (χ1v) is 4.64. The van der Waals surface area contributed by atoms with Gasteiger partial charge in [-0.1, -0.05) is 41.9 Å². The average Bonchev–Trinajstić information content (AvgIpc) is 1.89. The molecule has 0 spiro atoms. The molecule has 9 heavy (non-hydrogen) atoms. The number of hydrogen-bond donors (Lipinski definition) is 0. The van der Waals surface area contributed by atoms with Crippen LogP contribution in [0.1, 0.15) is 26.7 Å². The minimum atomic E-state index is 0.785. The first-order valence-electron chi connectivity index (χ1n) is 3.52. The zero-order chi connectivity index (χ0) is 7.11. The third kappa shape index (κ3) is 6.10. The largest absolute Gasteiger partial charge is 0.0925 e. The lowest BCUT2D eigenvalue weighted by Gasteiger charge is -2.00. The van der Waals surface area contributed by atoms with Gasteiger partial charge < -0.3 is 0 Å². The van der Waals surface area contributed by atoms with Crippen LogP contribution >= 0.6 is 15.9 Å². The lowest BCUT2D eigenvalue weighted by Crippen LogP contribution is -1.91. The van der Waals surface area contributed by atoms with Crippen molar-refractivity contribution < 1.29 is 0 Å². The van der Waals surface area contributed by atoms with Crippen LogP contribution in [0.25, 0.3) is 0 Å². The normalized spacial score (nSPS) is 14.6. The van der Waals surface area contributed by atoms with Gasteiger partial charge in [-0.05, 0) is 18.8 Å². The second-order valence-electron chi connectivity index (χ2n) is 2.37. The Hall–Kier alpha value is 0.220. The predicted octanol–water partition coefficient (Wildman–Crippen LogP) is 3.37. The molecule has 0 aliphatic carbocycles. The summed E-state index contributed by atoms with van der Waals surface area (Å²) in [7, 11) is 0. The average molecular weight is 191 g/mol. The summed E-state index contributed by atoms with van der Waals surface area (Å²) in [5, 5.41) is 1.11. The summed E-state index contributed by atoms with van der Waals surface area (Å²) in [6.45, 7) is 4.41. The van der Waals surface area contributed by atoms with Gasteiger partial charge in [0.05, 0.1) is 0 Å². The maximum Gasteiger partial charge on any atom is 0.00599 e. The van der Waals surface area contributed by atoms with Gasteiger partial charge in [-0.2, -0.15) is 0 Å². The molecule has 0 aliphatic rings. The van der Waals surface area contributed by atoms with Crippen molar-refractivity contribution in [1.82, 2.24) is 0 Å². The molecule has 54 valence electrons. The summed E-state index contributed by atoms with van der Waals surface area (Å²) in [6.07, 6.45) is 6.85. The van der Waals surface area contributed by atoms with Crippen molar-refractivity contribution in [3.8, 4) is 0 Å². The maximum atomic E-state index is 3.43. The van der Waals surface area contributed by atoms with Crippen LogP contribution in [0.3, 0.4) is 0 Å². The Bertz CT molecular complexity index is 76.6. The van der Waals surface area contributed by atoms with Gasteiger partial charge in [0.15, 0.2) is 0 Å². The molecule has 0 aliphatic heterocycles. The van der Waals surface area contributed by atoms with E-state index in [1.54, 1.807) is 0 Å². The second kappa shape index (κ2) is 6.34. The molecule has 0 saturated carbocycles. The molecule has 0 fully saturated rings. The zero-order valence-electron chi connectivity index (χ0n) is 6.23. The van der Waals surface area contributed by atoms with E-state index >= 15 is 0 Å². The predicted molar refractivity (Wildman–Crippen MR) is 47.0 cm³/mol. The monoisotopic (exact) mass is 190 g/mol. The fourth-order valence-electron chi connectivity index (χ4n) is 0.558. The molecular weight excluding hydrogens is 176 g/mol. The molecule has 0 radical (unpaired) electrons. The molecular formula is C8H15Br. The fraction of sp³-hybridized carbons (Fsp3) is 0.750. The van der Waals surface area contributed by atoms with Crippen LogP contribution in [0.2, 0.25) is 0 Å². The van der Waals surface area contributed by atoms with E-state index in [9.17, 15) is 0 Å². The lowest BCUT2D eigenvalue weighted by atomic mass is 10.1. The summed E-state index contributed by atoms with van der Waals surface area (Å²) in [5.74, 6) is 0.785. The quantitative estimate of drug-likeness (QED) is 0.472. The van der Waals surface area contributed by atoms with E-state index in [0.29, 0.717) is 0 Å². The number of alkyl halides is 1. The summed E-state index contributed by atoms with van der Waals surface area (Å²) in [4.78, 5) is 0. The summed E-state index contributed by atoms with van der Waals surface area (Å²) in [6, 6.07) is 0. The first kappa shape index (κ1) is 9.22. The van der Waals surface area contributed by atoms with Gasteiger partial charge in [-0.25, -0.2) is 0 Å². The van der Waals surface area contributed by atoms with E-state index in [0.717, 1.165) is 17.7 Å². The van der Waals surface area contributed by atoms with E-state index in [-0.39, 0.29) is 0 Å². The van der Waals surface area contributed by atoms with Crippen LogP contribution in [0.15, 0.2) is 12.2 Å². The summed E-state index contributed by atoms with van der Waals surface area (Å²) < 4.78 is 0. The van der Waals surface area contributed by atoms with E-state index in [2.05, 4.69) is 41.9 Å². The fourth-order valence-corrected chi connectivity index (χ4v) is 0.823. The Morgan fingerprint density at radius 3 is 2.56 bits per heavy atom. The molecule has 1 atom stereocenters. The van der Waals surface area contributed by atoms with Gasteiger partial charge in [0.1, 0.15) is 0 Å². The van der Waals surface area contributed by atoms with E-state index in [4.69, 9.17) is 0 Å². The molecule has 0 amide bonds. The standard InChI is InChI=1S/C8H15Br/c1-3-4-5-6-8(2)7-9/h4-5,8H,3,6-7H2,1-2H3/b5-4-. The van der Waals surface area contributed by atoms with Crippen molar-refractivity contribution in [2.75, 3.05) is 5.33 Å². The van der Waals surface area contributed by atoms with Crippen LogP contribution in [0, 0.1) is 5.92 Å². The maximum absolute atomic E-state index is 3.43. The molecule has 0 heterocycles. The lowest BCUT2D eigenvalue weighted by molar-refractivity contribution is 0.679. The van der Waals surface area contributed by atoms with Crippen LogP contribution in [0.4, 0.5) is 0 Å². The molecule has 0 aromatic rings. The Morgan fingerprint density at radius 1 is 1.44 bits per heavy atom. The van der Waals surface area contributed by atoms with Crippen molar-refractivity contribution in [3.63, 3.8) is 0 Å². The number of halogens is 1. The minimum Gasteiger partial charge on any atom is -0.0925 e. The number of hydrogen-bond acceptors (Lipinski definition) is 0. The molecule has 1 unspecified atom stereocenters. The van der Waals surface area contributed by atoms with E-state index in [1.165, 1.54) is 6.42 Å². The zero-order valence-corrected chi connectivity index (χ0v) is 7.82. The van der Waals surface area contributed by atoms with Gasteiger partial charge in [-0.15, -0.1) is 0 Å². The third-order valence-electron chi connectivity index (χ3n) is 1.20. The van der Waals surface area contributed by atoms with E-state index < -0.39 is 0 Å². The topological polar surface area (TPSA) is 0 Å². The van der Waals surface area contributed by atoms with Crippen molar-refractivity contribution in [2.45, 2.75) is 26.7 Å². The van der Waals surface area contributed by atoms with Gasteiger partial charge in [0, 0.05) is 5.33 Å². The summed E-state index contributed by atoms with van der Waals surface area (Å²) >= 11 is 3.43. The van der Waals surface area contributed by atoms with Crippen molar-refractivity contribution in [3.05, 3.63) is 12.2 Å². The highest BCUT2D eigenvalue weighted by Gasteiger charge is 1.93. The van der Waals surface area contributed by atoms with Gasteiger partial charge in [0.2, 0.25) is 0 Å². The molecule has 0 rings (SSSR count). The first-order chi connectivity index (χ1) is 4.31. The molecule has 0 aromatic carbocycles. The van der Waals surface area contributed by atoms with E-state index in [1.807, 2.05) is 0 Å². The Kier molecular flexibility index (Phi) is 6.50. The Balaban J connectivity index is 3.15. The SMILES string of the molecule is CC/C=C\CC(C)CBr. The highest BCUT2D eigenvalue weighted by Crippen LogP contribution is 2.05. The van der Waals surface area contributed by atoms with Crippen LogP contribution < -0.4 is 0 Å². The molecule has 0 nitrogen and oxygen atoms in total. The summed E-state index contributed by atoms with van der Waals surface area (Å²) in [5.41, 5.74) is 0. The van der Waals surface area contributed by atoms with Crippen molar-refractivity contribution in [1.29, 1.82) is 0 Å². The van der Waals surface area contributed by atoms with Crippen LogP contribution in [-0.4, -0.2) is 5.33 Å². The highest BCUT2D eigenvalue weighted by molar-refractivity contribution is 9.09. The van der Waals surface area contributed by atoms with Crippen molar-refractivity contribution >= 4 is 15.9 Å². The smallest absolute Gasteiger partial charge is 0.00599 e. The Morgan fingerprint density at radius 2 is 2.11 bits per heavy atom. The minimum absolute atomic E-state index is 0.785.